The van der Waals surface area contributed by atoms with Gasteiger partial charge < -0.3 is 14.8 Å². The number of likely N-dealkylation sites (tertiary alicyclic amines) is 2. The minimum absolute atomic E-state index is 0.354. The number of benzene rings is 1. The third kappa shape index (κ3) is 4.41. The summed E-state index contributed by atoms with van der Waals surface area (Å²) in [5.74, 6) is 0.367. The first-order valence-electron chi connectivity index (χ1n) is 10.7. The van der Waals surface area contributed by atoms with Gasteiger partial charge in [-0.05, 0) is 94.0 Å². The Morgan fingerprint density at radius 1 is 1.14 bits per heavy atom. The molecule has 28 heavy (non-hydrogen) atoms. The zero-order chi connectivity index (χ0) is 19.6. The number of aromatic nitrogens is 1. The minimum Gasteiger partial charge on any atom is -0.361 e. The smallest absolute Gasteiger partial charge is 0.222 e. The Bertz CT molecular complexity index is 804. The monoisotopic (exact) mass is 382 g/mol. The predicted molar refractivity (Wildman–Crippen MR) is 114 cm³/mol. The van der Waals surface area contributed by atoms with Crippen molar-refractivity contribution >= 4 is 16.8 Å². The summed E-state index contributed by atoms with van der Waals surface area (Å²) in [6, 6.07) is 8.89. The molecule has 0 aliphatic carbocycles. The number of rotatable bonds is 6. The molecule has 2 fully saturated rings. The molecule has 2 aliphatic heterocycles. The standard InChI is InChI=1S/C23H34N4O/c1-25(2)12-3-13-27-18-23(8-6-22(27)28)9-14-26(15-10-23)17-19-4-5-21-20(16-19)7-11-24-21/h4-5,7,11,16,24H,3,6,8-10,12-15,17-18H2,1-2H3. The van der Waals surface area contributed by atoms with E-state index in [-0.39, 0.29) is 0 Å². The van der Waals surface area contributed by atoms with Crippen molar-refractivity contribution in [3.63, 3.8) is 0 Å². The zero-order valence-corrected chi connectivity index (χ0v) is 17.4. The molecule has 0 bridgehead atoms. The number of carbonyl (C=O) groups is 1. The first kappa shape index (κ1) is 19.5. The van der Waals surface area contributed by atoms with Crippen molar-refractivity contribution in [1.82, 2.24) is 19.7 Å². The van der Waals surface area contributed by atoms with E-state index >= 15 is 0 Å². The second-order valence-electron chi connectivity index (χ2n) is 9.15. The molecule has 1 N–H and O–H groups in total. The topological polar surface area (TPSA) is 42.6 Å². The molecule has 2 aromatic rings. The summed E-state index contributed by atoms with van der Waals surface area (Å²) in [5, 5.41) is 1.30. The van der Waals surface area contributed by atoms with Crippen molar-refractivity contribution in [3.8, 4) is 0 Å². The van der Waals surface area contributed by atoms with Crippen molar-refractivity contribution in [1.29, 1.82) is 0 Å². The van der Waals surface area contributed by atoms with E-state index in [9.17, 15) is 4.79 Å². The van der Waals surface area contributed by atoms with E-state index in [2.05, 4.69) is 58.0 Å². The summed E-state index contributed by atoms with van der Waals surface area (Å²) in [6.07, 6.45) is 7.34. The van der Waals surface area contributed by atoms with E-state index in [1.165, 1.54) is 29.3 Å². The van der Waals surface area contributed by atoms with Gasteiger partial charge in [0.15, 0.2) is 0 Å². The SMILES string of the molecule is CN(C)CCCN1CC2(CCC1=O)CCN(Cc1ccc3[nH]ccc3c1)CC2. The number of carbonyl (C=O) groups excluding carboxylic acids is 1. The van der Waals surface area contributed by atoms with Gasteiger partial charge in [-0.25, -0.2) is 0 Å². The molecule has 2 saturated heterocycles. The van der Waals surface area contributed by atoms with Crippen molar-refractivity contribution in [3.05, 3.63) is 36.0 Å². The van der Waals surface area contributed by atoms with Crippen molar-refractivity contribution in [2.45, 2.75) is 38.6 Å². The minimum atomic E-state index is 0.354. The molecule has 5 heteroatoms. The van der Waals surface area contributed by atoms with Gasteiger partial charge in [0.1, 0.15) is 0 Å². The van der Waals surface area contributed by atoms with Crippen LogP contribution < -0.4 is 0 Å². The van der Waals surface area contributed by atoms with Crippen LogP contribution in [0.1, 0.15) is 37.7 Å². The van der Waals surface area contributed by atoms with Crippen molar-refractivity contribution in [2.24, 2.45) is 5.41 Å². The van der Waals surface area contributed by atoms with E-state index in [4.69, 9.17) is 0 Å². The summed E-state index contributed by atoms with van der Waals surface area (Å²) >= 11 is 0. The normalized spacial score (nSPS) is 20.5. The van der Waals surface area contributed by atoms with Gasteiger partial charge in [0.25, 0.3) is 0 Å². The van der Waals surface area contributed by atoms with Crippen LogP contribution in [0.15, 0.2) is 30.5 Å². The van der Waals surface area contributed by atoms with Crippen LogP contribution in [-0.4, -0.2) is 72.4 Å². The number of hydrogen-bond acceptors (Lipinski definition) is 3. The third-order valence-corrected chi connectivity index (χ3v) is 6.72. The molecule has 0 unspecified atom stereocenters. The highest BCUT2D eigenvalue weighted by atomic mass is 16.2. The van der Waals surface area contributed by atoms with Gasteiger partial charge >= 0.3 is 0 Å². The van der Waals surface area contributed by atoms with Crippen LogP contribution in [0.3, 0.4) is 0 Å². The molecule has 1 aromatic heterocycles. The van der Waals surface area contributed by atoms with Gasteiger partial charge in [-0.1, -0.05) is 6.07 Å². The van der Waals surface area contributed by atoms with E-state index in [0.29, 0.717) is 11.3 Å². The molecular weight excluding hydrogens is 348 g/mol. The molecule has 152 valence electrons. The Hall–Kier alpha value is -1.85. The van der Waals surface area contributed by atoms with Crippen LogP contribution in [0.4, 0.5) is 0 Å². The number of amides is 1. The lowest BCUT2D eigenvalue weighted by atomic mass is 9.72. The number of piperidine rings is 2. The average molecular weight is 383 g/mol. The van der Waals surface area contributed by atoms with Crippen LogP contribution >= 0.6 is 0 Å². The Kier molecular flexibility index (Phi) is 5.74. The van der Waals surface area contributed by atoms with Gasteiger partial charge in [-0.15, -0.1) is 0 Å². The highest BCUT2D eigenvalue weighted by molar-refractivity contribution is 5.80. The van der Waals surface area contributed by atoms with Crippen molar-refractivity contribution < 1.29 is 4.79 Å². The molecule has 4 rings (SSSR count). The van der Waals surface area contributed by atoms with Gasteiger partial charge in [-0.3, -0.25) is 9.69 Å². The van der Waals surface area contributed by atoms with Gasteiger partial charge in [0.2, 0.25) is 5.91 Å². The molecule has 0 saturated carbocycles. The maximum Gasteiger partial charge on any atom is 0.222 e. The lowest BCUT2D eigenvalue weighted by molar-refractivity contribution is -0.139. The highest BCUT2D eigenvalue weighted by Crippen LogP contribution is 2.40. The number of nitrogens with zero attached hydrogens (tertiary/aromatic N) is 3. The predicted octanol–water partition coefficient (Wildman–Crippen LogP) is 3.32. The molecule has 5 nitrogen and oxygen atoms in total. The van der Waals surface area contributed by atoms with E-state index < -0.39 is 0 Å². The first-order chi connectivity index (χ1) is 13.5. The summed E-state index contributed by atoms with van der Waals surface area (Å²) in [5.41, 5.74) is 2.96. The number of aromatic amines is 1. The lowest BCUT2D eigenvalue weighted by Gasteiger charge is -2.47. The molecule has 2 aliphatic rings. The number of H-pyrrole nitrogens is 1. The Morgan fingerprint density at radius 3 is 2.75 bits per heavy atom. The second-order valence-corrected chi connectivity index (χ2v) is 9.15. The van der Waals surface area contributed by atoms with Crippen LogP contribution in [0.5, 0.6) is 0 Å². The van der Waals surface area contributed by atoms with E-state index in [0.717, 1.165) is 58.5 Å². The fourth-order valence-corrected chi connectivity index (χ4v) is 4.94. The Morgan fingerprint density at radius 2 is 1.96 bits per heavy atom. The maximum atomic E-state index is 12.4. The van der Waals surface area contributed by atoms with Crippen molar-refractivity contribution in [2.75, 3.05) is 46.8 Å². The first-order valence-corrected chi connectivity index (χ1v) is 10.7. The zero-order valence-electron chi connectivity index (χ0n) is 17.4. The summed E-state index contributed by atoms with van der Waals surface area (Å²) in [6.45, 7) is 6.26. The van der Waals surface area contributed by atoms with Gasteiger partial charge in [0, 0.05) is 37.8 Å². The number of fused-ring (bicyclic) bond motifs is 1. The molecule has 1 amide bonds. The number of hydrogen-bond donors (Lipinski definition) is 1. The van der Waals surface area contributed by atoms with E-state index in [1.807, 2.05) is 6.20 Å². The van der Waals surface area contributed by atoms with E-state index in [1.54, 1.807) is 0 Å². The van der Waals surface area contributed by atoms with Crippen LogP contribution in [0.2, 0.25) is 0 Å². The second kappa shape index (κ2) is 8.26. The maximum absolute atomic E-state index is 12.4. The molecule has 0 atom stereocenters. The lowest BCUT2D eigenvalue weighted by Crippen LogP contribution is -2.51. The van der Waals surface area contributed by atoms with Crippen LogP contribution in [0.25, 0.3) is 10.9 Å². The summed E-state index contributed by atoms with van der Waals surface area (Å²) in [4.78, 5) is 22.6. The quantitative estimate of drug-likeness (QED) is 0.833. The average Bonchev–Trinajstić information content (AvgIpc) is 3.14. The van der Waals surface area contributed by atoms with Crippen LogP contribution in [0, 0.1) is 5.41 Å². The molecule has 0 radical (unpaired) electrons. The Balaban J connectivity index is 1.31. The fraction of sp³-hybridized carbons (Fsp3) is 0.609. The fourth-order valence-electron chi connectivity index (χ4n) is 4.94. The third-order valence-electron chi connectivity index (χ3n) is 6.72. The molecule has 3 heterocycles. The Labute approximate surface area is 168 Å². The number of nitrogens with one attached hydrogen (secondary N) is 1. The summed E-state index contributed by atoms with van der Waals surface area (Å²) < 4.78 is 0. The molecular formula is C23H34N4O. The molecule has 1 aromatic carbocycles. The summed E-state index contributed by atoms with van der Waals surface area (Å²) in [7, 11) is 4.20. The van der Waals surface area contributed by atoms with Gasteiger partial charge in [-0.2, -0.15) is 0 Å². The highest BCUT2D eigenvalue weighted by Gasteiger charge is 2.40. The molecule has 1 spiro atoms. The van der Waals surface area contributed by atoms with Crippen LogP contribution in [-0.2, 0) is 11.3 Å². The largest absolute Gasteiger partial charge is 0.361 e. The van der Waals surface area contributed by atoms with Gasteiger partial charge in [0.05, 0.1) is 0 Å².